The molecule has 0 amide bonds. The molecule has 138 valence electrons. The Bertz CT molecular complexity index is 1160. The third kappa shape index (κ3) is 3.41. The fourth-order valence-electron chi connectivity index (χ4n) is 2.62. The van der Waals surface area contributed by atoms with Crippen LogP contribution in [0.15, 0.2) is 66.5 Å². The van der Waals surface area contributed by atoms with Crippen LogP contribution < -0.4 is 4.72 Å². The summed E-state index contributed by atoms with van der Waals surface area (Å²) in [6, 6.07) is 8.99. The summed E-state index contributed by atoms with van der Waals surface area (Å²) in [4.78, 5) is 12.6. The van der Waals surface area contributed by atoms with Gasteiger partial charge in [0.05, 0.1) is 12.0 Å². The number of hydrogen-bond acceptors (Lipinski definition) is 5. The topological polar surface area (TPSA) is 94.2 Å². The number of nitrogens with zero attached hydrogens (tertiary/aromatic N) is 5. The van der Waals surface area contributed by atoms with Crippen molar-refractivity contribution in [3.8, 4) is 11.3 Å². The average molecular weight is 382 g/mol. The Hall–Kier alpha value is -3.20. The molecule has 0 atom stereocenters. The first kappa shape index (κ1) is 17.2. The Morgan fingerprint density at radius 3 is 2.52 bits per heavy atom. The van der Waals surface area contributed by atoms with Gasteiger partial charge in [-0.25, -0.2) is 15.0 Å². The maximum atomic E-state index is 12.5. The SMILES string of the molecule is CC(C)n1cnc(S(=O)(=O)Nc2ccc(-c3cn4cccnc4n3)cc2)c1. The summed E-state index contributed by atoms with van der Waals surface area (Å²) in [5, 5.41) is -0.00768. The van der Waals surface area contributed by atoms with Crippen LogP contribution in [-0.4, -0.2) is 32.3 Å². The van der Waals surface area contributed by atoms with Crippen molar-refractivity contribution in [2.24, 2.45) is 0 Å². The second-order valence-electron chi connectivity index (χ2n) is 6.39. The van der Waals surface area contributed by atoms with Gasteiger partial charge in [-0.2, -0.15) is 8.42 Å². The molecule has 0 aliphatic carbocycles. The second kappa shape index (κ2) is 6.51. The second-order valence-corrected chi connectivity index (χ2v) is 8.02. The lowest BCUT2D eigenvalue weighted by atomic mass is 10.1. The first-order valence-electron chi connectivity index (χ1n) is 8.39. The monoisotopic (exact) mass is 382 g/mol. The predicted molar refractivity (Wildman–Crippen MR) is 102 cm³/mol. The molecule has 9 heteroatoms. The standard InChI is InChI=1S/C18H18N6O2S/c1-13(2)24-11-17(20-12-24)27(25,26)22-15-6-4-14(5-7-15)16-10-23-9-3-8-19-18(23)21-16/h3-13,22H,1-2H3. The van der Waals surface area contributed by atoms with Crippen LogP contribution in [0.1, 0.15) is 19.9 Å². The van der Waals surface area contributed by atoms with Gasteiger partial charge in [0, 0.05) is 42.1 Å². The van der Waals surface area contributed by atoms with Gasteiger partial charge in [-0.3, -0.25) is 9.12 Å². The third-order valence-corrected chi connectivity index (χ3v) is 5.38. The molecule has 0 saturated carbocycles. The van der Waals surface area contributed by atoms with Crippen molar-refractivity contribution in [3.05, 3.63) is 61.4 Å². The van der Waals surface area contributed by atoms with E-state index in [1.807, 2.05) is 48.8 Å². The van der Waals surface area contributed by atoms with E-state index in [4.69, 9.17) is 0 Å². The van der Waals surface area contributed by atoms with Gasteiger partial charge >= 0.3 is 0 Å². The Balaban J connectivity index is 1.56. The number of aromatic nitrogens is 5. The van der Waals surface area contributed by atoms with Gasteiger partial charge in [0.15, 0.2) is 5.03 Å². The molecule has 4 rings (SSSR count). The summed E-state index contributed by atoms with van der Waals surface area (Å²) < 4.78 is 31.1. The number of rotatable bonds is 5. The summed E-state index contributed by atoms with van der Waals surface area (Å²) in [5.41, 5.74) is 2.09. The summed E-state index contributed by atoms with van der Waals surface area (Å²) in [6.45, 7) is 3.91. The van der Waals surface area contributed by atoms with E-state index >= 15 is 0 Å². The van der Waals surface area contributed by atoms with Gasteiger partial charge in [0.2, 0.25) is 5.78 Å². The van der Waals surface area contributed by atoms with Gasteiger partial charge in [0.25, 0.3) is 10.0 Å². The minimum atomic E-state index is -3.74. The molecular formula is C18H18N6O2S. The summed E-state index contributed by atoms with van der Waals surface area (Å²) >= 11 is 0. The number of anilines is 1. The maximum absolute atomic E-state index is 12.5. The zero-order valence-corrected chi connectivity index (χ0v) is 15.6. The largest absolute Gasteiger partial charge is 0.334 e. The van der Waals surface area contributed by atoms with E-state index in [0.717, 1.165) is 11.3 Å². The molecule has 4 aromatic rings. The molecule has 8 nitrogen and oxygen atoms in total. The lowest BCUT2D eigenvalue weighted by molar-refractivity contribution is 0.591. The van der Waals surface area contributed by atoms with Crippen LogP contribution in [0.4, 0.5) is 5.69 Å². The zero-order chi connectivity index (χ0) is 19.0. The molecule has 0 saturated heterocycles. The lowest BCUT2D eigenvalue weighted by Crippen LogP contribution is -2.13. The number of fused-ring (bicyclic) bond motifs is 1. The minimum Gasteiger partial charge on any atom is -0.334 e. The van der Waals surface area contributed by atoms with Crippen LogP contribution in [-0.2, 0) is 10.0 Å². The first-order valence-corrected chi connectivity index (χ1v) is 9.87. The Morgan fingerprint density at radius 2 is 1.85 bits per heavy atom. The van der Waals surface area contributed by atoms with Crippen LogP contribution >= 0.6 is 0 Å². The Kier molecular flexibility index (Phi) is 4.15. The normalized spacial score (nSPS) is 12.0. The molecule has 0 unspecified atom stereocenters. The van der Waals surface area contributed by atoms with Crippen molar-refractivity contribution in [1.82, 2.24) is 23.9 Å². The number of hydrogen-bond donors (Lipinski definition) is 1. The predicted octanol–water partition coefficient (Wildman–Crippen LogP) is 2.97. The molecule has 3 aromatic heterocycles. The van der Waals surface area contributed by atoms with Crippen molar-refractivity contribution in [1.29, 1.82) is 0 Å². The number of sulfonamides is 1. The Morgan fingerprint density at radius 1 is 1.07 bits per heavy atom. The molecule has 3 heterocycles. The molecule has 27 heavy (non-hydrogen) atoms. The molecule has 1 N–H and O–H groups in total. The van der Waals surface area contributed by atoms with Gasteiger partial charge in [-0.05, 0) is 32.0 Å². The van der Waals surface area contributed by atoms with Crippen molar-refractivity contribution < 1.29 is 8.42 Å². The molecule has 0 aliphatic rings. The van der Waals surface area contributed by atoms with Crippen LogP contribution in [0, 0.1) is 0 Å². The molecule has 0 aliphatic heterocycles. The summed E-state index contributed by atoms with van der Waals surface area (Å²) in [5.74, 6) is 0.609. The van der Waals surface area contributed by atoms with E-state index in [-0.39, 0.29) is 11.1 Å². The Labute approximate surface area is 156 Å². The molecule has 0 fully saturated rings. The highest BCUT2D eigenvalue weighted by Gasteiger charge is 2.18. The van der Waals surface area contributed by atoms with Gasteiger partial charge in [-0.15, -0.1) is 0 Å². The first-order chi connectivity index (χ1) is 12.9. The van der Waals surface area contributed by atoms with E-state index in [9.17, 15) is 8.42 Å². The summed E-state index contributed by atoms with van der Waals surface area (Å²) in [7, 11) is -3.74. The van der Waals surface area contributed by atoms with E-state index in [2.05, 4.69) is 19.7 Å². The molecule has 0 bridgehead atoms. The van der Waals surface area contributed by atoms with E-state index in [0.29, 0.717) is 11.5 Å². The van der Waals surface area contributed by atoms with Crippen LogP contribution in [0.3, 0.4) is 0 Å². The maximum Gasteiger partial charge on any atom is 0.280 e. The fourth-order valence-corrected chi connectivity index (χ4v) is 3.62. The number of imidazole rings is 2. The van der Waals surface area contributed by atoms with E-state index in [1.54, 1.807) is 22.9 Å². The molecule has 1 aromatic carbocycles. The molecule has 0 radical (unpaired) electrons. The highest BCUT2D eigenvalue weighted by molar-refractivity contribution is 7.92. The van der Waals surface area contributed by atoms with Crippen molar-refractivity contribution >= 4 is 21.5 Å². The van der Waals surface area contributed by atoms with E-state index in [1.165, 1.54) is 12.5 Å². The smallest absolute Gasteiger partial charge is 0.280 e. The van der Waals surface area contributed by atoms with Gasteiger partial charge in [0.1, 0.15) is 0 Å². The van der Waals surface area contributed by atoms with E-state index < -0.39 is 10.0 Å². The van der Waals surface area contributed by atoms with Crippen LogP contribution in [0.2, 0.25) is 0 Å². The third-order valence-electron chi connectivity index (χ3n) is 4.12. The minimum absolute atomic E-state index is 0.00768. The van der Waals surface area contributed by atoms with Crippen LogP contribution in [0.5, 0.6) is 0 Å². The fraction of sp³-hybridized carbons (Fsp3) is 0.167. The van der Waals surface area contributed by atoms with Crippen molar-refractivity contribution in [2.75, 3.05) is 4.72 Å². The highest BCUT2D eigenvalue weighted by Crippen LogP contribution is 2.22. The lowest BCUT2D eigenvalue weighted by Gasteiger charge is -2.07. The van der Waals surface area contributed by atoms with Crippen molar-refractivity contribution in [2.45, 2.75) is 24.9 Å². The number of nitrogens with one attached hydrogen (secondary N) is 1. The van der Waals surface area contributed by atoms with Gasteiger partial charge in [-0.1, -0.05) is 12.1 Å². The zero-order valence-electron chi connectivity index (χ0n) is 14.8. The summed E-state index contributed by atoms with van der Waals surface area (Å²) in [6.07, 6.45) is 8.47. The van der Waals surface area contributed by atoms with Crippen molar-refractivity contribution in [3.63, 3.8) is 0 Å². The van der Waals surface area contributed by atoms with Gasteiger partial charge < -0.3 is 4.57 Å². The quantitative estimate of drug-likeness (QED) is 0.573. The molecular weight excluding hydrogens is 364 g/mol. The number of benzene rings is 1. The highest BCUT2D eigenvalue weighted by atomic mass is 32.2. The average Bonchev–Trinajstić information content (AvgIpc) is 3.30. The molecule has 0 spiro atoms. The van der Waals surface area contributed by atoms with Crippen LogP contribution in [0.25, 0.3) is 17.0 Å².